The van der Waals surface area contributed by atoms with E-state index in [1.54, 1.807) is 41.4 Å². The summed E-state index contributed by atoms with van der Waals surface area (Å²) < 4.78 is 16.5. The van der Waals surface area contributed by atoms with Gasteiger partial charge in [0.1, 0.15) is 17.4 Å². The van der Waals surface area contributed by atoms with E-state index in [2.05, 4.69) is 17.6 Å². The van der Waals surface area contributed by atoms with Gasteiger partial charge in [0, 0.05) is 57.4 Å². The molecule has 9 nitrogen and oxygen atoms in total. The predicted octanol–water partition coefficient (Wildman–Crippen LogP) is 5.14. The number of carbonyl (C=O) groups excluding carboxylic acids is 1. The van der Waals surface area contributed by atoms with E-state index in [4.69, 9.17) is 16.6 Å². The van der Waals surface area contributed by atoms with Crippen LogP contribution in [0.4, 0.5) is 15.8 Å². The van der Waals surface area contributed by atoms with Gasteiger partial charge < -0.3 is 14.7 Å². The molecule has 3 aromatic heterocycles. The van der Waals surface area contributed by atoms with Crippen molar-refractivity contribution < 1.29 is 9.18 Å². The molecule has 0 radical (unpaired) electrons. The Hall–Kier alpha value is -4.75. The number of benzene rings is 1. The molecule has 1 saturated heterocycles. The molecule has 1 aliphatic heterocycles. The van der Waals surface area contributed by atoms with Gasteiger partial charge in [0.15, 0.2) is 5.65 Å². The number of halogens is 2. The van der Waals surface area contributed by atoms with Crippen molar-refractivity contribution in [2.75, 3.05) is 50.1 Å². The number of fused-ring (bicyclic) bond motifs is 1. The lowest BCUT2D eigenvalue weighted by Gasteiger charge is -2.36. The number of piperazine rings is 1. The summed E-state index contributed by atoms with van der Waals surface area (Å²) in [6.07, 6.45) is 2.95. The SMILES string of the molecule is C=CC(=O)N1CCN(c2c(C#N)c(=O)n(-c3c(N(C)C)ccnc3C(C)C)c3nc(-c4ccccc4F)c(Cl)cc23)CC1. The fourth-order valence-corrected chi connectivity index (χ4v) is 5.75. The van der Waals surface area contributed by atoms with Crippen LogP contribution in [0.1, 0.15) is 31.0 Å². The van der Waals surface area contributed by atoms with E-state index in [1.807, 2.05) is 37.7 Å². The molecule has 0 spiro atoms. The Morgan fingerprint density at radius 2 is 1.86 bits per heavy atom. The van der Waals surface area contributed by atoms with E-state index < -0.39 is 11.4 Å². The highest BCUT2D eigenvalue weighted by Crippen LogP contribution is 2.39. The molecule has 0 bridgehead atoms. The lowest BCUT2D eigenvalue weighted by Crippen LogP contribution is -2.49. The summed E-state index contributed by atoms with van der Waals surface area (Å²) in [6, 6.07) is 11.7. The number of hydrogen-bond donors (Lipinski definition) is 0. The second-order valence-corrected chi connectivity index (χ2v) is 11.2. The topological polar surface area (TPSA) is 98.4 Å². The number of nitrogens with zero attached hydrogens (tertiary/aromatic N) is 7. The average Bonchev–Trinajstić information content (AvgIpc) is 3.00. The second-order valence-electron chi connectivity index (χ2n) is 10.8. The molecule has 1 aromatic carbocycles. The normalized spacial score (nSPS) is 13.3. The van der Waals surface area contributed by atoms with Crippen molar-refractivity contribution in [1.82, 2.24) is 19.4 Å². The number of rotatable bonds is 6. The fraction of sp³-hybridized carbons (Fsp3) is 0.281. The van der Waals surface area contributed by atoms with Gasteiger partial charge in [0.2, 0.25) is 5.91 Å². The Morgan fingerprint density at radius 3 is 2.47 bits per heavy atom. The summed E-state index contributed by atoms with van der Waals surface area (Å²) in [6.45, 7) is 8.99. The molecule has 1 aliphatic rings. The lowest BCUT2D eigenvalue weighted by atomic mass is 10.0. The molecule has 220 valence electrons. The van der Waals surface area contributed by atoms with Gasteiger partial charge in [-0.05, 0) is 36.3 Å². The van der Waals surface area contributed by atoms with Crippen LogP contribution in [0.15, 0.2) is 60.0 Å². The summed E-state index contributed by atoms with van der Waals surface area (Å²) in [7, 11) is 3.71. The molecule has 1 amide bonds. The van der Waals surface area contributed by atoms with E-state index in [0.29, 0.717) is 54.3 Å². The molecule has 0 N–H and O–H groups in total. The predicted molar refractivity (Wildman–Crippen MR) is 168 cm³/mol. The van der Waals surface area contributed by atoms with E-state index in [0.717, 1.165) is 0 Å². The van der Waals surface area contributed by atoms with Crippen molar-refractivity contribution in [3.63, 3.8) is 0 Å². The van der Waals surface area contributed by atoms with E-state index in [-0.39, 0.29) is 39.3 Å². The highest BCUT2D eigenvalue weighted by molar-refractivity contribution is 6.34. The molecular weight excluding hydrogens is 569 g/mol. The third-order valence-corrected chi connectivity index (χ3v) is 7.87. The van der Waals surface area contributed by atoms with Crippen LogP contribution in [0.2, 0.25) is 5.02 Å². The summed E-state index contributed by atoms with van der Waals surface area (Å²) in [5.41, 5.74) is 2.07. The molecule has 11 heteroatoms. The van der Waals surface area contributed by atoms with Gasteiger partial charge in [-0.3, -0.25) is 19.1 Å². The Labute approximate surface area is 254 Å². The average molecular weight is 600 g/mol. The first-order chi connectivity index (χ1) is 20.6. The molecule has 4 heterocycles. The van der Waals surface area contributed by atoms with Crippen molar-refractivity contribution in [3.05, 3.63) is 87.7 Å². The molecule has 0 aliphatic carbocycles. The zero-order valence-electron chi connectivity index (χ0n) is 24.4. The Bertz CT molecular complexity index is 1830. The van der Waals surface area contributed by atoms with Crippen molar-refractivity contribution in [2.24, 2.45) is 0 Å². The lowest BCUT2D eigenvalue weighted by molar-refractivity contribution is -0.126. The number of nitriles is 1. The van der Waals surface area contributed by atoms with Crippen LogP contribution in [-0.2, 0) is 4.79 Å². The number of hydrogen-bond acceptors (Lipinski definition) is 7. The molecule has 0 atom stereocenters. The van der Waals surface area contributed by atoms with Crippen molar-refractivity contribution in [1.29, 1.82) is 5.26 Å². The molecule has 5 rings (SSSR count). The van der Waals surface area contributed by atoms with E-state index >= 15 is 4.39 Å². The Kier molecular flexibility index (Phi) is 8.20. The maximum atomic E-state index is 15.0. The zero-order valence-corrected chi connectivity index (χ0v) is 25.2. The molecular formula is C32H31ClFN7O2. The van der Waals surface area contributed by atoms with Crippen LogP contribution in [-0.4, -0.2) is 65.6 Å². The first-order valence-corrected chi connectivity index (χ1v) is 14.2. The quantitative estimate of drug-likeness (QED) is 0.283. The molecule has 0 unspecified atom stereocenters. The standard InChI is InChI=1S/C32H31ClFN7O2/c1-6-26(42)39-13-15-40(16-14-39)29-21-17-23(33)28(20-9-7-8-10-24(20)34)37-31(21)41(32(43)22(29)18-35)30-25(38(4)5)11-12-36-27(30)19(2)3/h6-12,17,19H,1,13-16H2,2-5H3. The Morgan fingerprint density at radius 1 is 1.16 bits per heavy atom. The van der Waals surface area contributed by atoms with Crippen LogP contribution in [0.25, 0.3) is 28.0 Å². The van der Waals surface area contributed by atoms with Gasteiger partial charge in [-0.25, -0.2) is 9.37 Å². The van der Waals surface area contributed by atoms with Gasteiger partial charge in [0.05, 0.1) is 33.5 Å². The van der Waals surface area contributed by atoms with Gasteiger partial charge in [-0.1, -0.05) is 44.2 Å². The smallest absolute Gasteiger partial charge is 0.276 e. The molecule has 4 aromatic rings. The molecule has 1 fully saturated rings. The van der Waals surface area contributed by atoms with Gasteiger partial charge in [-0.15, -0.1) is 0 Å². The first kappa shape index (κ1) is 29.7. The zero-order chi connectivity index (χ0) is 31.0. The minimum atomic E-state index is -0.582. The first-order valence-electron chi connectivity index (χ1n) is 13.9. The minimum Gasteiger partial charge on any atom is -0.376 e. The number of carbonyl (C=O) groups is 1. The van der Waals surface area contributed by atoms with Crippen LogP contribution in [0.5, 0.6) is 0 Å². The fourth-order valence-electron chi connectivity index (χ4n) is 5.50. The van der Waals surface area contributed by atoms with E-state index in [9.17, 15) is 14.9 Å². The number of amides is 1. The Balaban J connectivity index is 1.91. The number of pyridine rings is 3. The van der Waals surface area contributed by atoms with Crippen LogP contribution >= 0.6 is 11.6 Å². The van der Waals surface area contributed by atoms with Crippen molar-refractivity contribution >= 4 is 39.9 Å². The minimum absolute atomic E-state index is 0.0872. The second kappa shape index (κ2) is 11.9. The van der Waals surface area contributed by atoms with Gasteiger partial charge >= 0.3 is 0 Å². The maximum absolute atomic E-state index is 15.0. The summed E-state index contributed by atoms with van der Waals surface area (Å²) in [5.74, 6) is -0.787. The third-order valence-electron chi connectivity index (χ3n) is 7.58. The third kappa shape index (κ3) is 5.21. The number of aromatic nitrogens is 3. The highest BCUT2D eigenvalue weighted by Gasteiger charge is 2.30. The van der Waals surface area contributed by atoms with Crippen LogP contribution in [0, 0.1) is 17.1 Å². The summed E-state index contributed by atoms with van der Waals surface area (Å²) >= 11 is 6.80. The summed E-state index contributed by atoms with van der Waals surface area (Å²) in [4.78, 5) is 41.6. The maximum Gasteiger partial charge on any atom is 0.276 e. The van der Waals surface area contributed by atoms with Gasteiger partial charge in [-0.2, -0.15) is 5.26 Å². The molecule has 0 saturated carbocycles. The summed E-state index contributed by atoms with van der Waals surface area (Å²) in [5, 5.41) is 11.1. The van der Waals surface area contributed by atoms with Gasteiger partial charge in [0.25, 0.3) is 5.56 Å². The largest absolute Gasteiger partial charge is 0.376 e. The van der Waals surface area contributed by atoms with Crippen molar-refractivity contribution in [2.45, 2.75) is 19.8 Å². The van der Waals surface area contributed by atoms with Crippen molar-refractivity contribution in [3.8, 4) is 23.0 Å². The molecule has 43 heavy (non-hydrogen) atoms. The number of anilines is 2. The van der Waals surface area contributed by atoms with Crippen LogP contribution in [0.3, 0.4) is 0 Å². The van der Waals surface area contributed by atoms with Crippen LogP contribution < -0.4 is 15.4 Å². The monoisotopic (exact) mass is 599 g/mol. The van der Waals surface area contributed by atoms with E-state index in [1.165, 1.54) is 16.7 Å². The highest BCUT2D eigenvalue weighted by atomic mass is 35.5.